The molecule has 23 heavy (non-hydrogen) atoms. The van der Waals surface area contributed by atoms with Crippen LogP contribution in [0.1, 0.15) is 22.0 Å². The van der Waals surface area contributed by atoms with Crippen LogP contribution in [0.3, 0.4) is 0 Å². The van der Waals surface area contributed by atoms with Gasteiger partial charge in [-0.3, -0.25) is 9.69 Å². The minimum Gasteiger partial charge on any atom is -0.477 e. The number of aromatic nitrogens is 1. The normalized spacial score (nSPS) is 26.5. The fraction of sp³-hybridized carbons (Fsp3) is 0.625. The van der Waals surface area contributed by atoms with Crippen molar-refractivity contribution < 1.29 is 14.6 Å². The summed E-state index contributed by atoms with van der Waals surface area (Å²) in [7, 11) is 2.10. The number of rotatable bonds is 3. The van der Waals surface area contributed by atoms with Crippen LogP contribution in [0.15, 0.2) is 17.1 Å². The van der Waals surface area contributed by atoms with Crippen LogP contribution in [0.4, 0.5) is 0 Å². The van der Waals surface area contributed by atoms with E-state index < -0.39 is 11.5 Å². The molecule has 1 aromatic rings. The van der Waals surface area contributed by atoms with E-state index in [0.29, 0.717) is 18.8 Å². The third kappa shape index (κ3) is 3.04. The number of hydrogen-bond acceptors (Lipinski definition) is 5. The van der Waals surface area contributed by atoms with E-state index in [1.165, 1.54) is 0 Å². The van der Waals surface area contributed by atoms with Crippen LogP contribution in [-0.2, 0) is 4.74 Å². The van der Waals surface area contributed by atoms with Crippen LogP contribution in [0.5, 0.6) is 0 Å². The average Bonchev–Trinajstić information content (AvgIpc) is 2.97. The number of hydrogen-bond donors (Lipinski definition) is 1. The van der Waals surface area contributed by atoms with Gasteiger partial charge in [0.05, 0.1) is 25.3 Å². The fourth-order valence-corrected chi connectivity index (χ4v) is 3.46. The molecular weight excluding hydrogens is 298 g/mol. The molecule has 3 heterocycles. The zero-order chi connectivity index (χ0) is 16.6. The Morgan fingerprint density at radius 2 is 1.87 bits per heavy atom. The second kappa shape index (κ2) is 6.43. The summed E-state index contributed by atoms with van der Waals surface area (Å²) < 4.78 is 7.18. The number of carbonyl (C=O) groups is 1. The van der Waals surface area contributed by atoms with Crippen molar-refractivity contribution in [3.8, 4) is 0 Å². The summed E-state index contributed by atoms with van der Waals surface area (Å²) in [5.74, 6) is -1.17. The molecule has 7 heteroatoms. The number of carboxylic acid groups (broad SMARTS) is 1. The lowest BCUT2D eigenvalue weighted by Gasteiger charge is -2.38. The highest BCUT2D eigenvalue weighted by atomic mass is 16.5. The largest absolute Gasteiger partial charge is 0.477 e. The Morgan fingerprint density at radius 1 is 1.22 bits per heavy atom. The van der Waals surface area contributed by atoms with Crippen LogP contribution < -0.4 is 5.56 Å². The topological polar surface area (TPSA) is 75.0 Å². The standard InChI is InChI=1S/C16H23N3O4/c1-11-3-4-19(15(20)14(11)16(21)22)13-10-23-9-12(13)18-7-5-17(2)6-8-18/h3-4,12-13H,5-10H2,1-2H3,(H,21,22)/t12-,13-/m0/s1. The Labute approximate surface area is 135 Å². The summed E-state index contributed by atoms with van der Waals surface area (Å²) in [6.07, 6.45) is 1.70. The molecule has 1 aromatic heterocycles. The second-order valence-electron chi connectivity index (χ2n) is 6.40. The molecule has 3 rings (SSSR count). The molecule has 0 radical (unpaired) electrons. The number of aromatic carboxylic acids is 1. The summed E-state index contributed by atoms with van der Waals surface area (Å²) in [5.41, 5.74) is -0.0857. The molecule has 0 amide bonds. The van der Waals surface area contributed by atoms with E-state index in [1.54, 1.807) is 23.8 Å². The molecule has 7 nitrogen and oxygen atoms in total. The second-order valence-corrected chi connectivity index (χ2v) is 6.40. The summed E-state index contributed by atoms with van der Waals surface area (Å²) in [5, 5.41) is 9.30. The molecule has 2 fully saturated rings. The summed E-state index contributed by atoms with van der Waals surface area (Å²) >= 11 is 0. The van der Waals surface area contributed by atoms with Crippen molar-refractivity contribution >= 4 is 5.97 Å². The minimum atomic E-state index is -1.17. The molecule has 2 saturated heterocycles. The fourth-order valence-electron chi connectivity index (χ4n) is 3.46. The lowest BCUT2D eigenvalue weighted by Crippen LogP contribution is -2.52. The van der Waals surface area contributed by atoms with E-state index >= 15 is 0 Å². The van der Waals surface area contributed by atoms with Crippen LogP contribution in [0.2, 0.25) is 0 Å². The highest BCUT2D eigenvalue weighted by Gasteiger charge is 2.36. The maximum Gasteiger partial charge on any atom is 0.341 e. The first-order chi connectivity index (χ1) is 11.0. The summed E-state index contributed by atoms with van der Waals surface area (Å²) in [6, 6.07) is 1.68. The van der Waals surface area contributed by atoms with Crippen molar-refractivity contribution in [2.24, 2.45) is 0 Å². The molecule has 0 aliphatic carbocycles. The van der Waals surface area contributed by atoms with Gasteiger partial charge in [-0.15, -0.1) is 0 Å². The minimum absolute atomic E-state index is 0.116. The first-order valence-electron chi connectivity index (χ1n) is 7.94. The quantitative estimate of drug-likeness (QED) is 0.847. The van der Waals surface area contributed by atoms with Gasteiger partial charge in [0.2, 0.25) is 0 Å². The monoisotopic (exact) mass is 321 g/mol. The highest BCUT2D eigenvalue weighted by Crippen LogP contribution is 2.24. The molecule has 0 aromatic carbocycles. The van der Waals surface area contributed by atoms with Gasteiger partial charge < -0.3 is 19.3 Å². The van der Waals surface area contributed by atoms with Crippen molar-refractivity contribution in [3.05, 3.63) is 33.7 Å². The van der Waals surface area contributed by atoms with E-state index in [4.69, 9.17) is 4.74 Å². The Bertz CT molecular complexity index is 649. The van der Waals surface area contributed by atoms with Crippen LogP contribution in [0, 0.1) is 6.92 Å². The molecular formula is C16H23N3O4. The summed E-state index contributed by atoms with van der Waals surface area (Å²) in [4.78, 5) is 28.6. The van der Waals surface area contributed by atoms with Gasteiger partial charge in [0, 0.05) is 32.4 Å². The van der Waals surface area contributed by atoms with Gasteiger partial charge in [-0.2, -0.15) is 0 Å². The van der Waals surface area contributed by atoms with Gasteiger partial charge >= 0.3 is 5.97 Å². The van der Waals surface area contributed by atoms with Crippen molar-refractivity contribution in [1.82, 2.24) is 14.4 Å². The number of aryl methyl sites for hydroxylation is 1. The lowest BCUT2D eigenvalue weighted by molar-refractivity contribution is 0.0691. The molecule has 0 unspecified atom stereocenters. The number of pyridine rings is 1. The van der Waals surface area contributed by atoms with Crippen molar-refractivity contribution in [3.63, 3.8) is 0 Å². The zero-order valence-corrected chi connectivity index (χ0v) is 13.6. The molecule has 2 aliphatic rings. The molecule has 2 atom stereocenters. The van der Waals surface area contributed by atoms with Gasteiger partial charge in [-0.05, 0) is 25.6 Å². The van der Waals surface area contributed by atoms with E-state index in [-0.39, 0.29) is 17.6 Å². The maximum atomic E-state index is 12.6. The summed E-state index contributed by atoms with van der Waals surface area (Å²) in [6.45, 7) is 6.54. The van der Waals surface area contributed by atoms with Gasteiger partial charge in [0.25, 0.3) is 5.56 Å². The predicted octanol–water partition coefficient (Wildman–Crippen LogP) is 0.0422. The Morgan fingerprint density at radius 3 is 2.52 bits per heavy atom. The number of piperazine rings is 1. The Kier molecular flexibility index (Phi) is 4.52. The third-order valence-electron chi connectivity index (χ3n) is 4.93. The van der Waals surface area contributed by atoms with E-state index in [9.17, 15) is 14.7 Å². The zero-order valence-electron chi connectivity index (χ0n) is 13.6. The average molecular weight is 321 g/mol. The van der Waals surface area contributed by atoms with Crippen molar-refractivity contribution in [1.29, 1.82) is 0 Å². The highest BCUT2D eigenvalue weighted by molar-refractivity contribution is 5.88. The molecule has 0 saturated carbocycles. The third-order valence-corrected chi connectivity index (χ3v) is 4.93. The molecule has 0 bridgehead atoms. The Balaban J connectivity index is 1.90. The van der Waals surface area contributed by atoms with E-state index in [2.05, 4.69) is 16.8 Å². The predicted molar refractivity (Wildman–Crippen MR) is 85.1 cm³/mol. The van der Waals surface area contributed by atoms with E-state index in [0.717, 1.165) is 26.2 Å². The lowest BCUT2D eigenvalue weighted by atomic mass is 10.1. The first kappa shape index (κ1) is 16.2. The van der Waals surface area contributed by atoms with E-state index in [1.807, 2.05) is 0 Å². The number of ether oxygens (including phenoxy) is 1. The number of likely N-dealkylation sites (N-methyl/N-ethyl adjacent to an activating group) is 1. The maximum absolute atomic E-state index is 12.6. The van der Waals surface area contributed by atoms with Gasteiger partial charge in [0.15, 0.2) is 0 Å². The number of nitrogens with zero attached hydrogens (tertiary/aromatic N) is 3. The molecule has 0 spiro atoms. The molecule has 1 N–H and O–H groups in total. The SMILES string of the molecule is Cc1ccn([C@H]2COC[C@@H]2N2CCN(C)CC2)c(=O)c1C(=O)O. The van der Waals surface area contributed by atoms with Gasteiger partial charge in [-0.1, -0.05) is 0 Å². The van der Waals surface area contributed by atoms with Gasteiger partial charge in [-0.25, -0.2) is 4.79 Å². The molecule has 126 valence electrons. The first-order valence-corrected chi connectivity index (χ1v) is 7.94. The number of carboxylic acids is 1. The van der Waals surface area contributed by atoms with Crippen LogP contribution in [-0.4, -0.2) is 77.9 Å². The Hall–Kier alpha value is -1.70. The molecule has 2 aliphatic heterocycles. The van der Waals surface area contributed by atoms with Crippen LogP contribution in [0.25, 0.3) is 0 Å². The van der Waals surface area contributed by atoms with Crippen molar-refractivity contribution in [2.75, 3.05) is 46.4 Å². The van der Waals surface area contributed by atoms with Crippen molar-refractivity contribution in [2.45, 2.75) is 19.0 Å². The van der Waals surface area contributed by atoms with Crippen LogP contribution >= 0.6 is 0 Å². The van der Waals surface area contributed by atoms with Gasteiger partial charge in [0.1, 0.15) is 5.56 Å². The smallest absolute Gasteiger partial charge is 0.341 e.